The minimum Gasteiger partial charge on any atom is -0.312 e. The van der Waals surface area contributed by atoms with Gasteiger partial charge in [0, 0.05) is 18.6 Å². The predicted molar refractivity (Wildman–Crippen MR) is 81.0 cm³/mol. The van der Waals surface area contributed by atoms with E-state index in [1.807, 2.05) is 0 Å². The van der Waals surface area contributed by atoms with Crippen LogP contribution in [0, 0.1) is 11.8 Å². The van der Waals surface area contributed by atoms with Crippen molar-refractivity contribution in [3.8, 4) is 0 Å². The van der Waals surface area contributed by atoms with E-state index in [-0.39, 0.29) is 0 Å². The fraction of sp³-hybridized carbons (Fsp3) is 1.00. The molecule has 0 aliphatic carbocycles. The molecular formula is C16H34N2. The Bertz CT molecular complexity index is 203. The van der Waals surface area contributed by atoms with E-state index in [2.05, 4.69) is 44.8 Å². The molecule has 1 fully saturated rings. The molecule has 1 atom stereocenters. The first-order chi connectivity index (χ1) is 8.58. The van der Waals surface area contributed by atoms with E-state index in [1.54, 1.807) is 0 Å². The zero-order chi connectivity index (χ0) is 13.5. The number of nitrogens with zero attached hydrogens (tertiary/aromatic N) is 1. The van der Waals surface area contributed by atoms with Crippen molar-refractivity contribution in [2.75, 3.05) is 19.6 Å². The molecule has 1 heterocycles. The molecule has 1 saturated heterocycles. The topological polar surface area (TPSA) is 15.3 Å². The molecule has 0 aromatic rings. The lowest BCUT2D eigenvalue weighted by Crippen LogP contribution is -2.46. The van der Waals surface area contributed by atoms with Crippen molar-refractivity contribution in [1.29, 1.82) is 0 Å². The largest absolute Gasteiger partial charge is 0.312 e. The van der Waals surface area contributed by atoms with Crippen molar-refractivity contribution in [1.82, 2.24) is 10.2 Å². The average Bonchev–Trinajstić information content (AvgIpc) is 2.39. The summed E-state index contributed by atoms with van der Waals surface area (Å²) in [6.45, 7) is 15.4. The molecule has 0 radical (unpaired) electrons. The SMILES string of the molecule is CCC(CC)NCC(C)N1CCC(C(C)C)CC1. The van der Waals surface area contributed by atoms with Crippen LogP contribution in [0.4, 0.5) is 0 Å². The van der Waals surface area contributed by atoms with Crippen LogP contribution in [-0.4, -0.2) is 36.6 Å². The van der Waals surface area contributed by atoms with Crippen LogP contribution < -0.4 is 5.32 Å². The molecule has 1 aliphatic heterocycles. The van der Waals surface area contributed by atoms with E-state index in [0.717, 1.165) is 18.4 Å². The number of likely N-dealkylation sites (tertiary alicyclic amines) is 1. The highest BCUT2D eigenvalue weighted by atomic mass is 15.2. The first-order valence-electron chi connectivity index (χ1n) is 8.05. The molecule has 0 aromatic carbocycles. The summed E-state index contributed by atoms with van der Waals surface area (Å²) in [6, 6.07) is 1.40. The van der Waals surface area contributed by atoms with Crippen LogP contribution in [0.1, 0.15) is 60.3 Å². The summed E-state index contributed by atoms with van der Waals surface area (Å²) in [6.07, 6.45) is 5.29. The number of hydrogen-bond acceptors (Lipinski definition) is 2. The molecule has 18 heavy (non-hydrogen) atoms. The Morgan fingerprint density at radius 3 is 2.06 bits per heavy atom. The lowest BCUT2D eigenvalue weighted by atomic mass is 9.86. The average molecular weight is 254 g/mol. The van der Waals surface area contributed by atoms with E-state index < -0.39 is 0 Å². The van der Waals surface area contributed by atoms with Gasteiger partial charge in [0.1, 0.15) is 0 Å². The quantitative estimate of drug-likeness (QED) is 0.748. The minimum absolute atomic E-state index is 0.693. The predicted octanol–water partition coefficient (Wildman–Crippen LogP) is 3.52. The number of nitrogens with one attached hydrogen (secondary N) is 1. The van der Waals surface area contributed by atoms with Gasteiger partial charge in [-0.3, -0.25) is 4.90 Å². The van der Waals surface area contributed by atoms with Crippen LogP contribution in [0.5, 0.6) is 0 Å². The molecule has 1 rings (SSSR count). The Balaban J connectivity index is 2.25. The van der Waals surface area contributed by atoms with Crippen molar-refractivity contribution in [3.05, 3.63) is 0 Å². The Kier molecular flexibility index (Phi) is 7.25. The lowest BCUT2D eigenvalue weighted by Gasteiger charge is -2.38. The highest BCUT2D eigenvalue weighted by Crippen LogP contribution is 2.25. The zero-order valence-electron chi connectivity index (χ0n) is 13.2. The van der Waals surface area contributed by atoms with Crippen LogP contribution in [0.15, 0.2) is 0 Å². The van der Waals surface area contributed by atoms with Crippen molar-refractivity contribution >= 4 is 0 Å². The monoisotopic (exact) mass is 254 g/mol. The second kappa shape index (κ2) is 8.16. The van der Waals surface area contributed by atoms with E-state index in [4.69, 9.17) is 0 Å². The number of hydrogen-bond donors (Lipinski definition) is 1. The van der Waals surface area contributed by atoms with Gasteiger partial charge in [-0.05, 0) is 57.5 Å². The molecule has 0 aromatic heterocycles. The van der Waals surface area contributed by atoms with Crippen LogP contribution >= 0.6 is 0 Å². The minimum atomic E-state index is 0.693. The summed E-state index contributed by atoms with van der Waals surface area (Å²) in [5.41, 5.74) is 0. The molecule has 0 amide bonds. The van der Waals surface area contributed by atoms with Crippen molar-refractivity contribution < 1.29 is 0 Å². The molecule has 1 unspecified atom stereocenters. The molecule has 2 nitrogen and oxygen atoms in total. The maximum Gasteiger partial charge on any atom is 0.0192 e. The lowest BCUT2D eigenvalue weighted by molar-refractivity contribution is 0.119. The molecule has 0 bridgehead atoms. The molecule has 1 aliphatic rings. The second-order valence-electron chi connectivity index (χ2n) is 6.39. The Morgan fingerprint density at radius 2 is 1.61 bits per heavy atom. The Labute approximate surface area is 115 Å². The van der Waals surface area contributed by atoms with Crippen molar-refractivity contribution in [2.45, 2.75) is 72.4 Å². The first kappa shape index (κ1) is 16.0. The van der Waals surface area contributed by atoms with Gasteiger partial charge in [0.15, 0.2) is 0 Å². The Hall–Kier alpha value is -0.0800. The van der Waals surface area contributed by atoms with Crippen LogP contribution in [0.3, 0.4) is 0 Å². The van der Waals surface area contributed by atoms with E-state index in [1.165, 1.54) is 38.8 Å². The molecule has 1 N–H and O–H groups in total. The smallest absolute Gasteiger partial charge is 0.0192 e. The maximum atomic E-state index is 3.71. The summed E-state index contributed by atoms with van der Waals surface area (Å²) in [7, 11) is 0. The van der Waals surface area contributed by atoms with Gasteiger partial charge in [0.2, 0.25) is 0 Å². The molecular weight excluding hydrogens is 220 g/mol. The summed E-state index contributed by atoms with van der Waals surface area (Å²) in [5.74, 6) is 1.82. The zero-order valence-corrected chi connectivity index (χ0v) is 13.2. The fourth-order valence-electron chi connectivity index (χ4n) is 3.07. The van der Waals surface area contributed by atoms with E-state index in [9.17, 15) is 0 Å². The van der Waals surface area contributed by atoms with Gasteiger partial charge in [0.25, 0.3) is 0 Å². The third-order valence-corrected chi connectivity index (χ3v) is 4.83. The van der Waals surface area contributed by atoms with Crippen molar-refractivity contribution in [2.24, 2.45) is 11.8 Å². The normalized spacial score (nSPS) is 20.8. The van der Waals surface area contributed by atoms with Gasteiger partial charge in [-0.15, -0.1) is 0 Å². The van der Waals surface area contributed by atoms with Crippen molar-refractivity contribution in [3.63, 3.8) is 0 Å². The van der Waals surface area contributed by atoms with Gasteiger partial charge < -0.3 is 5.32 Å². The standard InChI is InChI=1S/C16H34N2/c1-6-16(7-2)17-12-14(5)18-10-8-15(9-11-18)13(3)4/h13-17H,6-12H2,1-5H3. The van der Waals surface area contributed by atoms with Crippen LogP contribution in [0.2, 0.25) is 0 Å². The second-order valence-corrected chi connectivity index (χ2v) is 6.39. The maximum absolute atomic E-state index is 3.71. The highest BCUT2D eigenvalue weighted by molar-refractivity contribution is 4.79. The summed E-state index contributed by atoms with van der Waals surface area (Å²) >= 11 is 0. The first-order valence-corrected chi connectivity index (χ1v) is 8.05. The van der Waals surface area contributed by atoms with Gasteiger partial charge in [0.05, 0.1) is 0 Å². The van der Waals surface area contributed by atoms with Gasteiger partial charge in [-0.2, -0.15) is 0 Å². The Morgan fingerprint density at radius 1 is 1.06 bits per heavy atom. The highest BCUT2D eigenvalue weighted by Gasteiger charge is 2.24. The van der Waals surface area contributed by atoms with Crippen LogP contribution in [-0.2, 0) is 0 Å². The molecule has 108 valence electrons. The van der Waals surface area contributed by atoms with Crippen LogP contribution in [0.25, 0.3) is 0 Å². The third kappa shape index (κ3) is 4.89. The van der Waals surface area contributed by atoms with Gasteiger partial charge in [-0.25, -0.2) is 0 Å². The molecule has 0 spiro atoms. The van der Waals surface area contributed by atoms with Gasteiger partial charge >= 0.3 is 0 Å². The number of rotatable bonds is 7. The number of piperidine rings is 1. The molecule has 0 saturated carbocycles. The van der Waals surface area contributed by atoms with E-state index in [0.29, 0.717) is 12.1 Å². The summed E-state index contributed by atoms with van der Waals surface area (Å²) in [5, 5.41) is 3.71. The fourth-order valence-corrected chi connectivity index (χ4v) is 3.07. The summed E-state index contributed by atoms with van der Waals surface area (Å²) < 4.78 is 0. The third-order valence-electron chi connectivity index (χ3n) is 4.83. The molecule has 2 heteroatoms. The summed E-state index contributed by atoms with van der Waals surface area (Å²) in [4.78, 5) is 2.67. The van der Waals surface area contributed by atoms with E-state index >= 15 is 0 Å². The van der Waals surface area contributed by atoms with Gasteiger partial charge in [-0.1, -0.05) is 27.7 Å².